The Morgan fingerprint density at radius 3 is 2.58 bits per heavy atom. The van der Waals surface area contributed by atoms with Crippen LogP contribution >= 0.6 is 27.7 Å². The predicted molar refractivity (Wildman–Crippen MR) is 104 cm³/mol. The van der Waals surface area contributed by atoms with E-state index < -0.39 is 5.82 Å². The SMILES string of the molecule is COc1cc(Br)c(/C=C2\SC(=Nc3ccccc3F)NC2=O)cc1OC. The van der Waals surface area contributed by atoms with Gasteiger partial charge in [-0.3, -0.25) is 4.79 Å². The molecule has 2 aromatic rings. The van der Waals surface area contributed by atoms with Crippen molar-refractivity contribution in [3.63, 3.8) is 0 Å². The minimum absolute atomic E-state index is 0.170. The number of carbonyl (C=O) groups excluding carboxylic acids is 1. The summed E-state index contributed by atoms with van der Waals surface area (Å²) in [6.45, 7) is 0. The van der Waals surface area contributed by atoms with Crippen molar-refractivity contribution in [3.8, 4) is 11.5 Å². The average Bonchev–Trinajstić information content (AvgIpc) is 2.97. The number of amidine groups is 1. The van der Waals surface area contributed by atoms with Gasteiger partial charge >= 0.3 is 0 Å². The van der Waals surface area contributed by atoms with Gasteiger partial charge in [0, 0.05) is 4.47 Å². The normalized spacial score (nSPS) is 16.8. The van der Waals surface area contributed by atoms with Crippen LogP contribution in [0.4, 0.5) is 10.1 Å². The summed E-state index contributed by atoms with van der Waals surface area (Å²) in [6, 6.07) is 9.65. The number of amides is 1. The standard InChI is InChI=1S/C18H14BrFN2O3S/c1-24-14-7-10(11(19)9-15(14)25-2)8-16-17(23)22-18(26-16)21-13-6-4-3-5-12(13)20/h3-9H,1-2H3,(H,21,22,23)/b16-8-. The van der Waals surface area contributed by atoms with E-state index in [2.05, 4.69) is 26.2 Å². The number of halogens is 2. The van der Waals surface area contributed by atoms with Gasteiger partial charge < -0.3 is 14.8 Å². The first-order chi connectivity index (χ1) is 12.5. The smallest absolute Gasteiger partial charge is 0.264 e. The van der Waals surface area contributed by atoms with Gasteiger partial charge in [-0.15, -0.1) is 0 Å². The van der Waals surface area contributed by atoms with E-state index >= 15 is 0 Å². The summed E-state index contributed by atoms with van der Waals surface area (Å²) in [5.74, 6) is 0.375. The van der Waals surface area contributed by atoms with Crippen molar-refractivity contribution in [2.24, 2.45) is 4.99 Å². The number of hydrogen-bond acceptors (Lipinski definition) is 5. The molecule has 5 nitrogen and oxygen atoms in total. The second-order valence-electron chi connectivity index (χ2n) is 5.16. The predicted octanol–water partition coefficient (Wildman–Crippen LogP) is 4.50. The molecule has 1 fully saturated rings. The number of methoxy groups -OCH3 is 2. The molecule has 1 saturated heterocycles. The Labute approximate surface area is 162 Å². The van der Waals surface area contributed by atoms with Crippen LogP contribution < -0.4 is 14.8 Å². The van der Waals surface area contributed by atoms with Crippen LogP contribution in [-0.2, 0) is 4.79 Å². The number of nitrogens with zero attached hydrogens (tertiary/aromatic N) is 1. The molecule has 134 valence electrons. The van der Waals surface area contributed by atoms with Crippen LogP contribution in [0.2, 0.25) is 0 Å². The highest BCUT2D eigenvalue weighted by molar-refractivity contribution is 9.10. The zero-order valence-corrected chi connectivity index (χ0v) is 16.3. The number of carbonyl (C=O) groups is 1. The molecule has 0 aromatic heterocycles. The van der Waals surface area contributed by atoms with Gasteiger partial charge in [0.2, 0.25) is 0 Å². The first-order valence-electron chi connectivity index (χ1n) is 7.47. The van der Waals surface area contributed by atoms with E-state index in [9.17, 15) is 9.18 Å². The van der Waals surface area contributed by atoms with E-state index in [0.717, 1.165) is 21.8 Å². The molecule has 0 unspecified atom stereocenters. The number of aliphatic imine (C=N–C) groups is 1. The van der Waals surface area contributed by atoms with Crippen molar-refractivity contribution in [1.82, 2.24) is 5.32 Å². The van der Waals surface area contributed by atoms with Gasteiger partial charge in [-0.1, -0.05) is 28.1 Å². The molecular formula is C18H14BrFN2O3S. The van der Waals surface area contributed by atoms with Crippen molar-refractivity contribution >= 4 is 50.5 Å². The van der Waals surface area contributed by atoms with Crippen molar-refractivity contribution in [2.75, 3.05) is 14.2 Å². The lowest BCUT2D eigenvalue weighted by Crippen LogP contribution is -2.19. The molecule has 0 spiro atoms. The summed E-state index contributed by atoms with van der Waals surface area (Å²) in [7, 11) is 3.09. The maximum atomic E-state index is 13.7. The minimum atomic E-state index is -0.449. The molecule has 2 aromatic carbocycles. The monoisotopic (exact) mass is 436 g/mol. The lowest BCUT2D eigenvalue weighted by atomic mass is 10.2. The van der Waals surface area contributed by atoms with Gasteiger partial charge in [0.05, 0.1) is 19.1 Å². The average molecular weight is 437 g/mol. The maximum Gasteiger partial charge on any atom is 0.264 e. The largest absolute Gasteiger partial charge is 0.493 e. The summed E-state index contributed by atoms with van der Waals surface area (Å²) >= 11 is 4.60. The number of ether oxygens (including phenoxy) is 2. The number of thioether (sulfide) groups is 1. The third-order valence-corrected chi connectivity index (χ3v) is 5.11. The Morgan fingerprint density at radius 1 is 1.19 bits per heavy atom. The van der Waals surface area contributed by atoms with Crippen LogP contribution in [0.25, 0.3) is 6.08 Å². The lowest BCUT2D eigenvalue weighted by molar-refractivity contribution is -0.115. The Kier molecular flexibility index (Phi) is 5.63. The van der Waals surface area contributed by atoms with Crippen LogP contribution in [0.3, 0.4) is 0 Å². The van der Waals surface area contributed by atoms with E-state index in [1.807, 2.05) is 0 Å². The molecule has 0 radical (unpaired) electrons. The van der Waals surface area contributed by atoms with Crippen molar-refractivity contribution in [1.29, 1.82) is 0 Å². The Bertz CT molecular complexity index is 931. The molecule has 8 heteroatoms. The Balaban J connectivity index is 1.91. The first kappa shape index (κ1) is 18.5. The van der Waals surface area contributed by atoms with Crippen molar-refractivity contribution in [2.45, 2.75) is 0 Å². The molecule has 1 N–H and O–H groups in total. The quantitative estimate of drug-likeness (QED) is 0.716. The first-order valence-corrected chi connectivity index (χ1v) is 9.08. The summed E-state index contributed by atoms with van der Waals surface area (Å²) in [5.41, 5.74) is 0.913. The van der Waals surface area contributed by atoms with Crippen LogP contribution in [0, 0.1) is 5.82 Å². The molecule has 0 aliphatic carbocycles. The second kappa shape index (κ2) is 7.92. The Morgan fingerprint density at radius 2 is 1.88 bits per heavy atom. The van der Waals surface area contributed by atoms with Gasteiger partial charge in [-0.05, 0) is 47.7 Å². The lowest BCUT2D eigenvalue weighted by Gasteiger charge is -2.10. The highest BCUT2D eigenvalue weighted by Crippen LogP contribution is 2.36. The molecule has 1 heterocycles. The number of para-hydroxylation sites is 1. The van der Waals surface area contributed by atoms with Gasteiger partial charge in [0.15, 0.2) is 16.7 Å². The number of nitrogens with one attached hydrogen (secondary N) is 1. The zero-order chi connectivity index (χ0) is 18.7. The number of benzene rings is 2. The second-order valence-corrected chi connectivity index (χ2v) is 7.05. The molecule has 1 aliphatic rings. The van der Waals surface area contributed by atoms with Gasteiger partial charge in [0.1, 0.15) is 11.5 Å². The van der Waals surface area contributed by atoms with Gasteiger partial charge in [0.25, 0.3) is 5.91 Å². The topological polar surface area (TPSA) is 59.9 Å². The van der Waals surface area contributed by atoms with E-state index in [-0.39, 0.29) is 11.6 Å². The van der Waals surface area contributed by atoms with E-state index in [4.69, 9.17) is 9.47 Å². The molecule has 1 amide bonds. The molecule has 0 atom stereocenters. The third-order valence-electron chi connectivity index (χ3n) is 3.51. The van der Waals surface area contributed by atoms with Crippen LogP contribution in [0.5, 0.6) is 11.5 Å². The summed E-state index contributed by atoms with van der Waals surface area (Å²) < 4.78 is 25.0. The van der Waals surface area contributed by atoms with Gasteiger partial charge in [-0.25, -0.2) is 9.38 Å². The van der Waals surface area contributed by atoms with E-state index in [1.54, 1.807) is 50.6 Å². The fourth-order valence-electron chi connectivity index (χ4n) is 2.25. The third kappa shape index (κ3) is 3.91. The highest BCUT2D eigenvalue weighted by atomic mass is 79.9. The molecular weight excluding hydrogens is 423 g/mol. The summed E-state index contributed by atoms with van der Waals surface area (Å²) in [5, 5.41) is 2.96. The highest BCUT2D eigenvalue weighted by Gasteiger charge is 2.24. The van der Waals surface area contributed by atoms with Gasteiger partial charge in [-0.2, -0.15) is 0 Å². The summed E-state index contributed by atoms with van der Waals surface area (Å²) in [6.07, 6.45) is 1.70. The Hall–Kier alpha value is -2.32. The molecule has 1 aliphatic heterocycles. The minimum Gasteiger partial charge on any atom is -0.493 e. The maximum absolute atomic E-state index is 13.7. The fourth-order valence-corrected chi connectivity index (χ4v) is 3.52. The summed E-state index contributed by atoms with van der Waals surface area (Å²) in [4.78, 5) is 16.8. The van der Waals surface area contributed by atoms with Crippen molar-refractivity contribution in [3.05, 3.63) is 57.2 Å². The van der Waals surface area contributed by atoms with Crippen molar-refractivity contribution < 1.29 is 18.7 Å². The number of rotatable bonds is 4. The van der Waals surface area contributed by atoms with Crippen LogP contribution in [-0.4, -0.2) is 25.3 Å². The fraction of sp³-hybridized carbons (Fsp3) is 0.111. The molecule has 0 bridgehead atoms. The van der Waals surface area contributed by atoms with E-state index in [1.165, 1.54) is 6.07 Å². The molecule has 3 rings (SSSR count). The molecule has 26 heavy (non-hydrogen) atoms. The zero-order valence-electron chi connectivity index (χ0n) is 13.9. The van der Waals surface area contributed by atoms with Crippen LogP contribution in [0.15, 0.2) is 50.8 Å². The van der Waals surface area contributed by atoms with Crippen LogP contribution in [0.1, 0.15) is 5.56 Å². The number of hydrogen-bond donors (Lipinski definition) is 1. The molecule has 0 saturated carbocycles. The van der Waals surface area contributed by atoms with E-state index in [0.29, 0.717) is 21.6 Å².